The number of thiophene rings is 1. The Hall–Kier alpha value is -5.36. The Labute approximate surface area is 265 Å². The van der Waals surface area contributed by atoms with Crippen molar-refractivity contribution >= 4 is 82.4 Å². The smallest absolute Gasteiger partial charge is 0.181 e. The van der Waals surface area contributed by atoms with Gasteiger partial charge in [-0.3, -0.25) is 9.97 Å². The Kier molecular flexibility index (Phi) is 6.01. The summed E-state index contributed by atoms with van der Waals surface area (Å²) in [6.07, 6.45) is 4.12. The van der Waals surface area contributed by atoms with Gasteiger partial charge in [0.1, 0.15) is 11.0 Å². The Morgan fingerprint density at radius 3 is 1.42 bits per heavy atom. The topological polar surface area (TPSA) is 30.7 Å². The maximum absolute atomic E-state index is 5.18. The number of para-hydroxylation sites is 2. The molecule has 0 saturated heterocycles. The molecule has 5 aromatic carbocycles. The van der Waals surface area contributed by atoms with E-state index >= 15 is 0 Å². The summed E-state index contributed by atoms with van der Waals surface area (Å²) in [6, 6.07) is 54.9. The summed E-state index contributed by atoms with van der Waals surface area (Å²) in [7, 11) is -2.66. The molecule has 5 heteroatoms. The Bertz CT molecular complexity index is 2340. The van der Waals surface area contributed by atoms with Gasteiger partial charge in [-0.25, -0.2) is 0 Å². The lowest BCUT2D eigenvalue weighted by Gasteiger charge is -2.34. The highest BCUT2D eigenvalue weighted by molar-refractivity contribution is 7.26. The quantitative estimate of drug-likeness (QED) is 0.151. The van der Waals surface area contributed by atoms with Gasteiger partial charge in [0.05, 0.1) is 32.3 Å². The van der Waals surface area contributed by atoms with Crippen LogP contribution in [0.3, 0.4) is 0 Å². The molecule has 0 saturated carbocycles. The van der Waals surface area contributed by atoms with Crippen molar-refractivity contribution in [2.75, 3.05) is 0 Å². The van der Waals surface area contributed by atoms with Crippen LogP contribution in [-0.4, -0.2) is 22.6 Å². The third kappa shape index (κ3) is 3.95. The molecule has 0 aliphatic rings. The lowest BCUT2D eigenvalue weighted by atomic mass is 10.2. The number of rotatable bonds is 5. The molecule has 0 aliphatic heterocycles. The van der Waals surface area contributed by atoms with Crippen molar-refractivity contribution in [2.45, 2.75) is 0 Å². The van der Waals surface area contributed by atoms with Crippen LogP contribution >= 0.6 is 11.3 Å². The first-order valence-corrected chi connectivity index (χ1v) is 18.0. The molecule has 4 aromatic heterocycles. The Morgan fingerprint density at radius 1 is 0.444 bits per heavy atom. The van der Waals surface area contributed by atoms with Gasteiger partial charge in [-0.05, 0) is 45.0 Å². The monoisotopic (exact) mass is 609 g/mol. The predicted molar refractivity (Wildman–Crippen MR) is 193 cm³/mol. The molecule has 0 spiro atoms. The summed E-state index contributed by atoms with van der Waals surface area (Å²) >= 11 is 1.78. The maximum atomic E-state index is 5.18. The van der Waals surface area contributed by atoms with Gasteiger partial charge in [0.15, 0.2) is 8.07 Å². The van der Waals surface area contributed by atoms with Crippen molar-refractivity contribution in [1.29, 1.82) is 0 Å². The summed E-state index contributed by atoms with van der Waals surface area (Å²) in [5.41, 5.74) is 5.35. The molecule has 0 radical (unpaired) electrons. The number of benzene rings is 5. The summed E-state index contributed by atoms with van der Waals surface area (Å²) in [4.78, 5) is 10.2. The molecule has 0 bridgehead atoms. The fourth-order valence-electron chi connectivity index (χ4n) is 7.10. The number of fused-ring (bicyclic) bond motifs is 6. The van der Waals surface area contributed by atoms with Gasteiger partial charge in [0.25, 0.3) is 0 Å². The minimum Gasteiger partial charge on any atom is -0.308 e. The van der Waals surface area contributed by atoms with Crippen molar-refractivity contribution in [3.63, 3.8) is 0 Å². The number of hydrogen-bond acceptors (Lipinski definition) is 3. The number of hydrogen-bond donors (Lipinski definition) is 0. The standard InChI is InChI=1S/C40H27N3SSi/c1-4-14-29(15-5-1)45(30-16-6-2-7-17-30,31-18-8-3-9-19-31)32-25-38-40(42-27-32)39-37(44-38)24-28(26-41-39)43-35-22-12-10-20-33(35)34-21-11-13-23-36(34)43/h1-27H. The van der Waals surface area contributed by atoms with Gasteiger partial charge < -0.3 is 4.57 Å². The Balaban J connectivity index is 1.28. The molecular formula is C40H27N3SSi. The summed E-state index contributed by atoms with van der Waals surface area (Å²) in [6.45, 7) is 0. The molecule has 212 valence electrons. The molecule has 0 amide bonds. The maximum Gasteiger partial charge on any atom is 0.181 e. The minimum atomic E-state index is -2.66. The summed E-state index contributed by atoms with van der Waals surface area (Å²) < 4.78 is 4.63. The van der Waals surface area contributed by atoms with Crippen LogP contribution in [0.15, 0.2) is 164 Å². The van der Waals surface area contributed by atoms with E-state index in [-0.39, 0.29) is 0 Å². The molecule has 0 fully saturated rings. The van der Waals surface area contributed by atoms with Crippen molar-refractivity contribution in [3.8, 4) is 5.69 Å². The van der Waals surface area contributed by atoms with Crippen LogP contribution in [0.2, 0.25) is 0 Å². The lowest BCUT2D eigenvalue weighted by molar-refractivity contribution is 1.16. The van der Waals surface area contributed by atoms with Crippen molar-refractivity contribution in [1.82, 2.24) is 14.5 Å². The van der Waals surface area contributed by atoms with Gasteiger partial charge in [-0.1, -0.05) is 127 Å². The molecule has 0 unspecified atom stereocenters. The zero-order valence-electron chi connectivity index (χ0n) is 24.3. The molecule has 9 aromatic rings. The van der Waals surface area contributed by atoms with E-state index in [1.807, 2.05) is 6.20 Å². The van der Waals surface area contributed by atoms with Crippen LogP contribution in [0.1, 0.15) is 0 Å². The SMILES string of the molecule is c1ccc([Si](c2ccccc2)(c2ccccc2)c2cnc3c(c2)sc2cc(-n4c5ccccc5c5ccccc54)cnc23)cc1. The number of nitrogens with zero attached hydrogens (tertiary/aromatic N) is 3. The van der Waals surface area contributed by atoms with Crippen LogP contribution in [0, 0.1) is 0 Å². The van der Waals surface area contributed by atoms with Crippen molar-refractivity contribution < 1.29 is 0 Å². The Morgan fingerprint density at radius 2 is 0.889 bits per heavy atom. The molecule has 9 rings (SSSR count). The fourth-order valence-corrected chi connectivity index (χ4v) is 13.0. The first-order chi connectivity index (χ1) is 22.3. The van der Waals surface area contributed by atoms with E-state index in [2.05, 4.69) is 162 Å². The first kappa shape index (κ1) is 26.1. The van der Waals surface area contributed by atoms with Gasteiger partial charge in [-0.15, -0.1) is 11.3 Å². The third-order valence-electron chi connectivity index (χ3n) is 9.03. The second-order valence-corrected chi connectivity index (χ2v) is 16.3. The second-order valence-electron chi connectivity index (χ2n) is 11.4. The van der Waals surface area contributed by atoms with Crippen molar-refractivity contribution in [3.05, 3.63) is 164 Å². The zero-order valence-corrected chi connectivity index (χ0v) is 26.2. The van der Waals surface area contributed by atoms with Crippen LogP contribution in [0.4, 0.5) is 0 Å². The highest BCUT2D eigenvalue weighted by Crippen LogP contribution is 2.35. The van der Waals surface area contributed by atoms with Crippen LogP contribution in [0.5, 0.6) is 0 Å². The van der Waals surface area contributed by atoms with Crippen molar-refractivity contribution in [2.24, 2.45) is 0 Å². The van der Waals surface area contributed by atoms with Crippen LogP contribution < -0.4 is 20.7 Å². The minimum absolute atomic E-state index is 0.956. The summed E-state index contributed by atoms with van der Waals surface area (Å²) in [5.74, 6) is 0. The molecule has 4 heterocycles. The lowest BCUT2D eigenvalue weighted by Crippen LogP contribution is -2.74. The van der Waals surface area contributed by atoms with Gasteiger partial charge in [-0.2, -0.15) is 0 Å². The van der Waals surface area contributed by atoms with Crippen LogP contribution in [-0.2, 0) is 0 Å². The number of pyridine rings is 2. The van der Waals surface area contributed by atoms with E-state index in [4.69, 9.17) is 9.97 Å². The van der Waals surface area contributed by atoms with Gasteiger partial charge in [0.2, 0.25) is 0 Å². The highest BCUT2D eigenvalue weighted by Gasteiger charge is 2.41. The average molecular weight is 610 g/mol. The van der Waals surface area contributed by atoms with E-state index in [1.165, 1.54) is 42.6 Å². The van der Waals surface area contributed by atoms with Crippen LogP contribution in [0.25, 0.3) is 47.9 Å². The molecule has 3 nitrogen and oxygen atoms in total. The third-order valence-corrected chi connectivity index (χ3v) is 14.8. The first-order valence-electron chi connectivity index (χ1n) is 15.2. The molecular weight excluding hydrogens is 583 g/mol. The molecule has 0 atom stereocenters. The second kappa shape index (κ2) is 10.4. The molecule has 0 N–H and O–H groups in total. The van der Waals surface area contributed by atoms with Gasteiger partial charge >= 0.3 is 0 Å². The highest BCUT2D eigenvalue weighted by atomic mass is 32.1. The molecule has 0 aliphatic carbocycles. The van der Waals surface area contributed by atoms with E-state index in [9.17, 15) is 0 Å². The summed E-state index contributed by atoms with van der Waals surface area (Å²) in [5, 5.41) is 7.80. The fraction of sp³-hybridized carbons (Fsp3) is 0. The average Bonchev–Trinajstić information content (AvgIpc) is 3.65. The largest absolute Gasteiger partial charge is 0.308 e. The number of aromatic nitrogens is 3. The van der Waals surface area contributed by atoms with E-state index in [1.54, 1.807) is 11.3 Å². The van der Waals surface area contributed by atoms with E-state index < -0.39 is 8.07 Å². The zero-order chi connectivity index (χ0) is 29.8. The van der Waals surface area contributed by atoms with E-state index in [0.29, 0.717) is 0 Å². The van der Waals surface area contributed by atoms with E-state index in [0.717, 1.165) is 26.1 Å². The predicted octanol–water partition coefficient (Wildman–Crippen LogP) is 7.32. The van der Waals surface area contributed by atoms with Gasteiger partial charge in [0, 0.05) is 17.0 Å². The molecule has 45 heavy (non-hydrogen) atoms. The normalized spacial score (nSPS) is 12.0.